The average Bonchev–Trinajstić information content (AvgIpc) is 3.15. The van der Waals surface area contributed by atoms with Gasteiger partial charge in [0.05, 0.1) is 6.20 Å². The molecule has 0 N–H and O–H groups in total. The van der Waals surface area contributed by atoms with Gasteiger partial charge in [0.25, 0.3) is 0 Å². The van der Waals surface area contributed by atoms with Gasteiger partial charge in [-0.15, -0.1) is 0 Å². The zero-order chi connectivity index (χ0) is 18.6. The first-order valence-corrected chi connectivity index (χ1v) is 8.03. The SMILES string of the molecule is C=CCOC(=O)/C(C#N)=C/c1cc(C)n(-c2ccnn2C(C)C)c1C. The minimum atomic E-state index is -0.653. The van der Waals surface area contributed by atoms with Crippen molar-refractivity contribution in [2.24, 2.45) is 0 Å². The number of carbonyl (C=O) groups excluding carboxylic acids is 1. The monoisotopic (exact) mass is 338 g/mol. The van der Waals surface area contributed by atoms with Crippen molar-refractivity contribution in [1.82, 2.24) is 14.3 Å². The molecule has 0 aromatic carbocycles. The molecular weight excluding hydrogens is 316 g/mol. The third-order valence-corrected chi connectivity index (χ3v) is 3.81. The summed E-state index contributed by atoms with van der Waals surface area (Å²) in [5, 5.41) is 13.6. The standard InChI is InChI=1S/C19H22N4O2/c1-6-9-25-19(24)17(12-20)11-16-10-14(4)22(15(16)5)18-7-8-21-23(18)13(2)3/h6-8,10-11,13H,1,9H2,2-5H3/b17-11+. The smallest absolute Gasteiger partial charge is 0.349 e. The van der Waals surface area contributed by atoms with Gasteiger partial charge in [0.1, 0.15) is 24.1 Å². The van der Waals surface area contributed by atoms with E-state index in [-0.39, 0.29) is 18.2 Å². The van der Waals surface area contributed by atoms with Crippen LogP contribution in [-0.4, -0.2) is 26.9 Å². The molecule has 2 heterocycles. The van der Waals surface area contributed by atoms with Gasteiger partial charge in [-0.05, 0) is 45.4 Å². The molecule has 6 nitrogen and oxygen atoms in total. The van der Waals surface area contributed by atoms with Crippen LogP contribution in [0.4, 0.5) is 0 Å². The van der Waals surface area contributed by atoms with Gasteiger partial charge in [0.15, 0.2) is 0 Å². The quantitative estimate of drug-likeness (QED) is 0.350. The fraction of sp³-hybridized carbons (Fsp3) is 0.316. The largest absolute Gasteiger partial charge is 0.457 e. The van der Waals surface area contributed by atoms with E-state index in [1.54, 1.807) is 12.3 Å². The Labute approximate surface area is 147 Å². The molecule has 25 heavy (non-hydrogen) atoms. The topological polar surface area (TPSA) is 72.8 Å². The third kappa shape index (κ3) is 3.72. The van der Waals surface area contributed by atoms with Gasteiger partial charge in [0, 0.05) is 23.5 Å². The van der Waals surface area contributed by atoms with E-state index in [9.17, 15) is 10.1 Å². The van der Waals surface area contributed by atoms with Gasteiger partial charge in [0.2, 0.25) is 0 Å². The first kappa shape index (κ1) is 18.3. The predicted molar refractivity (Wildman–Crippen MR) is 96.2 cm³/mol. The van der Waals surface area contributed by atoms with Crippen molar-refractivity contribution in [3.63, 3.8) is 0 Å². The molecule has 0 saturated carbocycles. The first-order chi connectivity index (χ1) is 11.9. The Balaban J connectivity index is 2.47. The molecule has 6 heteroatoms. The van der Waals surface area contributed by atoms with Crippen LogP contribution in [0.25, 0.3) is 11.9 Å². The third-order valence-electron chi connectivity index (χ3n) is 3.81. The Kier molecular flexibility index (Phi) is 5.60. The summed E-state index contributed by atoms with van der Waals surface area (Å²) in [5.74, 6) is 0.289. The number of nitriles is 1. The van der Waals surface area contributed by atoms with Crippen molar-refractivity contribution in [3.05, 3.63) is 53.5 Å². The molecule has 0 aliphatic carbocycles. The minimum Gasteiger partial charge on any atom is -0.457 e. The van der Waals surface area contributed by atoms with Crippen molar-refractivity contribution in [1.29, 1.82) is 5.26 Å². The van der Waals surface area contributed by atoms with Crippen molar-refractivity contribution < 1.29 is 9.53 Å². The van der Waals surface area contributed by atoms with E-state index in [4.69, 9.17) is 4.74 Å². The lowest BCUT2D eigenvalue weighted by Crippen LogP contribution is -2.11. The summed E-state index contributed by atoms with van der Waals surface area (Å²) in [5.41, 5.74) is 2.66. The average molecular weight is 338 g/mol. The second kappa shape index (κ2) is 7.67. The number of rotatable bonds is 6. The van der Waals surface area contributed by atoms with Crippen LogP contribution < -0.4 is 0 Å². The number of esters is 1. The summed E-state index contributed by atoms with van der Waals surface area (Å²) in [4.78, 5) is 11.9. The Bertz CT molecular complexity index is 863. The normalized spacial score (nSPS) is 11.4. The lowest BCUT2D eigenvalue weighted by Gasteiger charge is -2.15. The number of hydrogen-bond acceptors (Lipinski definition) is 4. The Hall–Kier alpha value is -3.07. The van der Waals surface area contributed by atoms with Crippen LogP contribution in [0.3, 0.4) is 0 Å². The number of carbonyl (C=O) groups is 1. The van der Waals surface area contributed by atoms with Gasteiger partial charge in [-0.3, -0.25) is 0 Å². The summed E-state index contributed by atoms with van der Waals surface area (Å²) in [7, 11) is 0. The van der Waals surface area contributed by atoms with Crippen LogP contribution in [0.1, 0.15) is 36.8 Å². The van der Waals surface area contributed by atoms with Gasteiger partial charge in [-0.1, -0.05) is 12.7 Å². The summed E-state index contributed by atoms with van der Waals surface area (Å²) in [6, 6.07) is 6.00. The van der Waals surface area contributed by atoms with Gasteiger partial charge in [-0.2, -0.15) is 10.4 Å². The maximum absolute atomic E-state index is 11.9. The molecule has 0 fully saturated rings. The molecule has 130 valence electrons. The van der Waals surface area contributed by atoms with Gasteiger partial charge >= 0.3 is 5.97 Å². The highest BCUT2D eigenvalue weighted by Crippen LogP contribution is 2.24. The summed E-state index contributed by atoms with van der Waals surface area (Å²) in [6.07, 6.45) is 4.78. The molecule has 0 aliphatic rings. The second-order valence-corrected chi connectivity index (χ2v) is 5.95. The first-order valence-electron chi connectivity index (χ1n) is 8.03. The number of nitrogens with zero attached hydrogens (tertiary/aromatic N) is 4. The Morgan fingerprint density at radius 1 is 1.48 bits per heavy atom. The van der Waals surface area contributed by atoms with Crippen LogP contribution in [0.5, 0.6) is 0 Å². The number of ether oxygens (including phenoxy) is 1. The molecule has 0 saturated heterocycles. The van der Waals surface area contributed by atoms with Crippen LogP contribution >= 0.6 is 0 Å². The fourth-order valence-electron chi connectivity index (χ4n) is 2.67. The minimum absolute atomic E-state index is 0.0422. The van der Waals surface area contributed by atoms with E-state index in [0.29, 0.717) is 0 Å². The summed E-state index contributed by atoms with van der Waals surface area (Å²) < 4.78 is 8.93. The number of aromatic nitrogens is 3. The zero-order valence-electron chi connectivity index (χ0n) is 15.0. The Morgan fingerprint density at radius 2 is 2.20 bits per heavy atom. The molecule has 2 aromatic rings. The van der Waals surface area contributed by atoms with E-state index >= 15 is 0 Å². The van der Waals surface area contributed by atoms with Gasteiger partial charge < -0.3 is 9.30 Å². The lowest BCUT2D eigenvalue weighted by molar-refractivity contribution is -0.137. The lowest BCUT2D eigenvalue weighted by atomic mass is 10.1. The molecule has 0 amide bonds. The molecular formula is C19H22N4O2. The van der Waals surface area contributed by atoms with Crippen LogP contribution in [0, 0.1) is 25.2 Å². The van der Waals surface area contributed by atoms with Crippen molar-refractivity contribution in [2.75, 3.05) is 6.61 Å². The predicted octanol–water partition coefficient (Wildman–Crippen LogP) is 3.51. The van der Waals surface area contributed by atoms with E-state index in [0.717, 1.165) is 22.8 Å². The van der Waals surface area contributed by atoms with E-state index < -0.39 is 5.97 Å². The van der Waals surface area contributed by atoms with Crippen molar-refractivity contribution in [3.8, 4) is 11.9 Å². The molecule has 0 aliphatic heterocycles. The van der Waals surface area contributed by atoms with Crippen LogP contribution in [0.2, 0.25) is 0 Å². The Morgan fingerprint density at radius 3 is 2.80 bits per heavy atom. The highest BCUT2D eigenvalue weighted by atomic mass is 16.5. The number of hydrogen-bond donors (Lipinski definition) is 0. The second-order valence-electron chi connectivity index (χ2n) is 5.95. The molecule has 0 spiro atoms. The number of aryl methyl sites for hydroxylation is 1. The zero-order valence-corrected chi connectivity index (χ0v) is 15.0. The highest BCUT2D eigenvalue weighted by molar-refractivity contribution is 5.98. The summed E-state index contributed by atoms with van der Waals surface area (Å²) in [6.45, 7) is 11.6. The van der Waals surface area contributed by atoms with Crippen LogP contribution in [0.15, 0.2) is 36.6 Å². The van der Waals surface area contributed by atoms with Crippen molar-refractivity contribution in [2.45, 2.75) is 33.7 Å². The molecule has 0 unspecified atom stereocenters. The van der Waals surface area contributed by atoms with E-state index in [1.165, 1.54) is 6.08 Å². The molecule has 2 rings (SSSR count). The van der Waals surface area contributed by atoms with Gasteiger partial charge in [-0.25, -0.2) is 9.48 Å². The molecule has 0 bridgehead atoms. The van der Waals surface area contributed by atoms with Crippen molar-refractivity contribution >= 4 is 12.0 Å². The molecule has 2 aromatic heterocycles. The summed E-state index contributed by atoms with van der Waals surface area (Å²) >= 11 is 0. The molecule has 0 atom stereocenters. The molecule has 0 radical (unpaired) electrons. The van der Waals surface area contributed by atoms with E-state index in [2.05, 4.69) is 30.1 Å². The van der Waals surface area contributed by atoms with E-state index in [1.807, 2.05) is 36.7 Å². The maximum atomic E-state index is 11.9. The van der Waals surface area contributed by atoms with Crippen LogP contribution in [-0.2, 0) is 9.53 Å². The fourth-order valence-corrected chi connectivity index (χ4v) is 2.67. The highest BCUT2D eigenvalue weighted by Gasteiger charge is 2.17. The maximum Gasteiger partial charge on any atom is 0.349 e.